The van der Waals surface area contributed by atoms with Crippen molar-refractivity contribution in [3.8, 4) is 0 Å². The van der Waals surface area contributed by atoms with Gasteiger partial charge in [0.1, 0.15) is 0 Å². The molecule has 0 saturated carbocycles. The quantitative estimate of drug-likeness (QED) is 0.660. The molecule has 0 aliphatic carbocycles. The van der Waals surface area contributed by atoms with Gasteiger partial charge in [0.25, 0.3) is 0 Å². The SMILES string of the molecule is CNS(=O)(=O)Nc1ncccn1. The molecular formula is C5H8N4O2S. The van der Waals surface area contributed by atoms with Crippen LogP contribution in [0.25, 0.3) is 0 Å². The number of aromatic nitrogens is 2. The number of hydrogen-bond acceptors (Lipinski definition) is 4. The molecule has 1 rings (SSSR count). The highest BCUT2D eigenvalue weighted by Crippen LogP contribution is 1.95. The minimum atomic E-state index is -3.50. The summed E-state index contributed by atoms with van der Waals surface area (Å²) in [5, 5.41) is 0. The average molecular weight is 188 g/mol. The van der Waals surface area contributed by atoms with E-state index in [1.807, 2.05) is 0 Å². The van der Waals surface area contributed by atoms with Crippen LogP contribution in [0.2, 0.25) is 0 Å². The topological polar surface area (TPSA) is 84.0 Å². The second-order valence-corrected chi connectivity index (χ2v) is 3.50. The third-order valence-electron chi connectivity index (χ3n) is 1.06. The maximum atomic E-state index is 10.9. The lowest BCUT2D eigenvalue weighted by molar-refractivity contribution is 0.593. The molecule has 0 atom stereocenters. The van der Waals surface area contributed by atoms with E-state index in [0.29, 0.717) is 0 Å². The van der Waals surface area contributed by atoms with E-state index in [1.165, 1.54) is 19.4 Å². The molecule has 0 fully saturated rings. The van der Waals surface area contributed by atoms with Gasteiger partial charge in [0.05, 0.1) is 0 Å². The molecule has 0 radical (unpaired) electrons. The largest absolute Gasteiger partial charge is 0.301 e. The van der Waals surface area contributed by atoms with Gasteiger partial charge >= 0.3 is 10.2 Å². The zero-order valence-electron chi connectivity index (χ0n) is 6.35. The van der Waals surface area contributed by atoms with E-state index in [0.717, 1.165) is 0 Å². The van der Waals surface area contributed by atoms with Gasteiger partial charge < -0.3 is 0 Å². The zero-order valence-corrected chi connectivity index (χ0v) is 7.17. The van der Waals surface area contributed by atoms with Gasteiger partial charge in [-0.1, -0.05) is 0 Å². The smallest absolute Gasteiger partial charge is 0.238 e. The Morgan fingerprint density at radius 2 is 1.92 bits per heavy atom. The fourth-order valence-electron chi connectivity index (χ4n) is 0.523. The van der Waals surface area contributed by atoms with E-state index in [2.05, 4.69) is 19.4 Å². The van der Waals surface area contributed by atoms with Crippen LogP contribution < -0.4 is 9.44 Å². The van der Waals surface area contributed by atoms with Crippen molar-refractivity contribution in [2.24, 2.45) is 0 Å². The van der Waals surface area contributed by atoms with Crippen LogP contribution in [0.3, 0.4) is 0 Å². The van der Waals surface area contributed by atoms with Gasteiger partial charge in [-0.3, -0.25) is 0 Å². The molecule has 0 saturated heterocycles. The second-order valence-electron chi connectivity index (χ2n) is 1.88. The highest BCUT2D eigenvalue weighted by atomic mass is 32.2. The van der Waals surface area contributed by atoms with Crippen molar-refractivity contribution in [2.45, 2.75) is 0 Å². The lowest BCUT2D eigenvalue weighted by Crippen LogP contribution is -2.27. The predicted octanol–water partition coefficient (Wildman–Crippen LogP) is -0.647. The Morgan fingerprint density at radius 1 is 1.33 bits per heavy atom. The number of hydrogen-bond donors (Lipinski definition) is 2. The van der Waals surface area contributed by atoms with Gasteiger partial charge in [-0.05, 0) is 6.07 Å². The molecule has 0 spiro atoms. The maximum absolute atomic E-state index is 10.9. The third-order valence-corrected chi connectivity index (χ3v) is 2.05. The first kappa shape index (κ1) is 8.88. The molecule has 1 heterocycles. The highest BCUT2D eigenvalue weighted by Gasteiger charge is 2.06. The van der Waals surface area contributed by atoms with Crippen molar-refractivity contribution in [3.63, 3.8) is 0 Å². The van der Waals surface area contributed by atoms with Gasteiger partial charge in [-0.15, -0.1) is 0 Å². The molecule has 0 aliphatic heterocycles. The number of nitrogens with one attached hydrogen (secondary N) is 2. The lowest BCUT2D eigenvalue weighted by Gasteiger charge is -2.02. The highest BCUT2D eigenvalue weighted by molar-refractivity contribution is 7.90. The molecule has 1 aromatic heterocycles. The van der Waals surface area contributed by atoms with Crippen LogP contribution in [0.15, 0.2) is 18.5 Å². The maximum Gasteiger partial charge on any atom is 0.301 e. The standard InChI is InChI=1S/C5H8N4O2S/c1-6-12(10,11)9-5-7-3-2-4-8-5/h2-4,6H,1H3,(H,7,8,9). The van der Waals surface area contributed by atoms with Crippen molar-refractivity contribution < 1.29 is 8.42 Å². The first-order valence-electron chi connectivity index (χ1n) is 3.12. The summed E-state index contributed by atoms with van der Waals surface area (Å²) >= 11 is 0. The first-order chi connectivity index (χ1) is 5.64. The number of rotatable bonds is 3. The first-order valence-corrected chi connectivity index (χ1v) is 4.61. The van der Waals surface area contributed by atoms with Crippen molar-refractivity contribution in [3.05, 3.63) is 18.5 Å². The van der Waals surface area contributed by atoms with E-state index in [9.17, 15) is 8.42 Å². The average Bonchev–Trinajstić information content (AvgIpc) is 2.06. The van der Waals surface area contributed by atoms with E-state index in [-0.39, 0.29) is 5.95 Å². The molecule has 0 amide bonds. The van der Waals surface area contributed by atoms with Crippen LogP contribution in [0.1, 0.15) is 0 Å². The van der Waals surface area contributed by atoms with E-state index >= 15 is 0 Å². The monoisotopic (exact) mass is 188 g/mol. The van der Waals surface area contributed by atoms with E-state index < -0.39 is 10.2 Å². The molecule has 6 nitrogen and oxygen atoms in total. The van der Waals surface area contributed by atoms with E-state index in [1.54, 1.807) is 6.07 Å². The molecule has 0 aromatic carbocycles. The minimum Gasteiger partial charge on any atom is -0.238 e. The second kappa shape index (κ2) is 3.46. The van der Waals surface area contributed by atoms with Crippen LogP contribution in [0.4, 0.5) is 5.95 Å². The Labute approximate surface area is 70.2 Å². The van der Waals surface area contributed by atoms with Gasteiger partial charge in [0.15, 0.2) is 0 Å². The molecular weight excluding hydrogens is 180 g/mol. The molecule has 66 valence electrons. The van der Waals surface area contributed by atoms with Crippen molar-refractivity contribution in [1.82, 2.24) is 14.7 Å². The van der Waals surface area contributed by atoms with Gasteiger partial charge in [0.2, 0.25) is 5.95 Å². The summed E-state index contributed by atoms with van der Waals surface area (Å²) in [5.41, 5.74) is 0. The summed E-state index contributed by atoms with van der Waals surface area (Å²) in [6.07, 6.45) is 2.89. The Bertz CT molecular complexity index is 336. The number of anilines is 1. The van der Waals surface area contributed by atoms with Crippen LogP contribution in [-0.4, -0.2) is 25.4 Å². The van der Waals surface area contributed by atoms with Crippen LogP contribution >= 0.6 is 0 Å². The summed E-state index contributed by atoms with van der Waals surface area (Å²) < 4.78 is 25.9. The Balaban J connectivity index is 2.78. The van der Waals surface area contributed by atoms with Crippen LogP contribution in [-0.2, 0) is 10.2 Å². The van der Waals surface area contributed by atoms with Crippen LogP contribution in [0.5, 0.6) is 0 Å². The van der Waals surface area contributed by atoms with Crippen LogP contribution in [0, 0.1) is 0 Å². The van der Waals surface area contributed by atoms with E-state index in [4.69, 9.17) is 0 Å². The zero-order chi connectivity index (χ0) is 9.03. The fraction of sp³-hybridized carbons (Fsp3) is 0.200. The van der Waals surface area contributed by atoms with Gasteiger partial charge in [0, 0.05) is 19.4 Å². The molecule has 1 aromatic rings. The normalized spacial score (nSPS) is 11.1. The Morgan fingerprint density at radius 3 is 2.42 bits per heavy atom. The summed E-state index contributed by atoms with van der Waals surface area (Å²) in [6, 6.07) is 1.59. The Hall–Kier alpha value is -1.21. The van der Waals surface area contributed by atoms with Crippen molar-refractivity contribution in [1.29, 1.82) is 0 Å². The summed E-state index contributed by atoms with van der Waals surface area (Å²) in [5.74, 6) is 0.0480. The molecule has 0 unspecified atom stereocenters. The van der Waals surface area contributed by atoms with Gasteiger partial charge in [-0.2, -0.15) is 8.42 Å². The predicted molar refractivity (Wildman–Crippen MR) is 43.6 cm³/mol. The third kappa shape index (κ3) is 2.44. The van der Waals surface area contributed by atoms with Crippen molar-refractivity contribution >= 4 is 16.2 Å². The minimum absolute atomic E-state index is 0.0480. The van der Waals surface area contributed by atoms with Crippen molar-refractivity contribution in [2.75, 3.05) is 11.8 Å². The lowest BCUT2D eigenvalue weighted by atomic mass is 10.7. The fourth-order valence-corrected chi connectivity index (χ4v) is 0.971. The summed E-state index contributed by atoms with van der Waals surface area (Å²) in [4.78, 5) is 7.34. The molecule has 7 heteroatoms. The summed E-state index contributed by atoms with van der Waals surface area (Å²) in [6.45, 7) is 0. The Kier molecular flexibility index (Phi) is 2.56. The summed E-state index contributed by atoms with van der Waals surface area (Å²) in [7, 11) is -2.20. The molecule has 2 N–H and O–H groups in total. The molecule has 0 bridgehead atoms. The van der Waals surface area contributed by atoms with Gasteiger partial charge in [-0.25, -0.2) is 19.4 Å². The molecule has 0 aliphatic rings. The number of nitrogens with zero attached hydrogens (tertiary/aromatic N) is 2. The molecule has 12 heavy (non-hydrogen) atoms.